The fourth-order valence-corrected chi connectivity index (χ4v) is 3.23. The van der Waals surface area contributed by atoms with Crippen molar-refractivity contribution in [2.24, 2.45) is 5.14 Å². The molecule has 0 bridgehead atoms. The molecule has 0 radical (unpaired) electrons. The second kappa shape index (κ2) is 5.85. The van der Waals surface area contributed by atoms with Gasteiger partial charge in [0.1, 0.15) is 17.3 Å². The zero-order valence-electron chi connectivity index (χ0n) is 12.7. The van der Waals surface area contributed by atoms with Gasteiger partial charge in [-0.15, -0.1) is 0 Å². The molecule has 0 saturated carbocycles. The molecule has 7 heteroatoms. The Bertz CT molecular complexity index is 980. The molecule has 1 aliphatic rings. The average Bonchev–Trinajstić information content (AvgIpc) is 2.87. The summed E-state index contributed by atoms with van der Waals surface area (Å²) >= 11 is 0. The lowest BCUT2D eigenvalue weighted by Crippen LogP contribution is -2.14. The van der Waals surface area contributed by atoms with E-state index in [9.17, 15) is 17.6 Å². The van der Waals surface area contributed by atoms with Crippen molar-refractivity contribution in [3.8, 4) is 0 Å². The molecule has 24 heavy (non-hydrogen) atoms. The van der Waals surface area contributed by atoms with Crippen LogP contribution in [0.2, 0.25) is 0 Å². The summed E-state index contributed by atoms with van der Waals surface area (Å²) in [6.45, 7) is 1.89. The minimum atomic E-state index is -4.15. The van der Waals surface area contributed by atoms with Crippen LogP contribution in [0.1, 0.15) is 16.7 Å². The van der Waals surface area contributed by atoms with Crippen molar-refractivity contribution < 1.29 is 22.3 Å². The Balaban J connectivity index is 2.16. The van der Waals surface area contributed by atoms with Crippen molar-refractivity contribution in [3.05, 3.63) is 65.0 Å². The van der Waals surface area contributed by atoms with Crippen LogP contribution in [0.4, 0.5) is 4.39 Å². The van der Waals surface area contributed by atoms with Gasteiger partial charge in [0.2, 0.25) is 10.0 Å². The lowest BCUT2D eigenvalue weighted by Gasteiger charge is -2.07. The SMILES string of the molecule is Cc1cccc(C2=C(c3ccc(S(N)(=O)=O)c(F)c3)COC2=O)c1. The van der Waals surface area contributed by atoms with E-state index in [4.69, 9.17) is 9.88 Å². The number of esters is 1. The van der Waals surface area contributed by atoms with E-state index in [-0.39, 0.29) is 6.61 Å². The van der Waals surface area contributed by atoms with Gasteiger partial charge in [0.25, 0.3) is 0 Å². The number of cyclic esters (lactones) is 1. The van der Waals surface area contributed by atoms with Crippen LogP contribution in [-0.4, -0.2) is 21.0 Å². The predicted octanol–water partition coefficient (Wildman–Crippen LogP) is 2.25. The standard InChI is InChI=1S/C17H14FNO4S/c1-10-3-2-4-12(7-10)16-13(9-23-17(16)20)11-5-6-15(14(18)8-11)24(19,21)22/h2-8H,9H2,1H3,(H2,19,21,22). The van der Waals surface area contributed by atoms with Gasteiger partial charge in [-0.2, -0.15) is 0 Å². The molecule has 0 atom stereocenters. The number of hydrogen-bond acceptors (Lipinski definition) is 4. The topological polar surface area (TPSA) is 86.5 Å². The monoisotopic (exact) mass is 347 g/mol. The first-order valence-corrected chi connectivity index (χ1v) is 8.62. The third-order valence-electron chi connectivity index (χ3n) is 3.75. The summed E-state index contributed by atoms with van der Waals surface area (Å²) in [6.07, 6.45) is 0. The maximum atomic E-state index is 14.1. The van der Waals surface area contributed by atoms with Crippen molar-refractivity contribution in [2.75, 3.05) is 6.61 Å². The summed E-state index contributed by atoms with van der Waals surface area (Å²) in [5.74, 6) is -1.46. The van der Waals surface area contributed by atoms with E-state index >= 15 is 0 Å². The summed E-state index contributed by atoms with van der Waals surface area (Å²) in [7, 11) is -4.15. The van der Waals surface area contributed by atoms with Gasteiger partial charge in [-0.3, -0.25) is 0 Å². The summed E-state index contributed by atoms with van der Waals surface area (Å²) in [4.78, 5) is 11.5. The average molecular weight is 347 g/mol. The van der Waals surface area contributed by atoms with E-state index in [1.54, 1.807) is 6.07 Å². The van der Waals surface area contributed by atoms with E-state index in [0.29, 0.717) is 22.3 Å². The molecule has 0 fully saturated rings. The third kappa shape index (κ3) is 2.95. The zero-order chi connectivity index (χ0) is 17.5. The summed E-state index contributed by atoms with van der Waals surface area (Å²) in [5.41, 5.74) is 2.87. The van der Waals surface area contributed by atoms with E-state index in [2.05, 4.69) is 0 Å². The van der Waals surface area contributed by atoms with Crippen LogP contribution >= 0.6 is 0 Å². The molecular weight excluding hydrogens is 333 g/mol. The second-order valence-corrected chi connectivity index (χ2v) is 7.02. The Morgan fingerprint density at radius 2 is 1.88 bits per heavy atom. The molecule has 1 heterocycles. The Hall–Kier alpha value is -2.51. The zero-order valence-corrected chi connectivity index (χ0v) is 13.6. The molecule has 2 aromatic carbocycles. The fourth-order valence-electron chi connectivity index (χ4n) is 2.64. The van der Waals surface area contributed by atoms with Crippen LogP contribution in [0, 0.1) is 12.7 Å². The number of rotatable bonds is 3. The highest BCUT2D eigenvalue weighted by Crippen LogP contribution is 2.34. The lowest BCUT2D eigenvalue weighted by atomic mass is 9.96. The largest absolute Gasteiger partial charge is 0.457 e. The van der Waals surface area contributed by atoms with E-state index < -0.39 is 26.7 Å². The molecular formula is C17H14FNO4S. The van der Waals surface area contributed by atoms with Gasteiger partial charge < -0.3 is 4.74 Å². The molecule has 0 amide bonds. The fraction of sp³-hybridized carbons (Fsp3) is 0.118. The van der Waals surface area contributed by atoms with Gasteiger partial charge in [-0.05, 0) is 30.2 Å². The summed E-state index contributed by atoms with van der Waals surface area (Å²) < 4.78 is 41.8. The van der Waals surface area contributed by atoms with Crippen molar-refractivity contribution in [2.45, 2.75) is 11.8 Å². The molecule has 124 valence electrons. The summed E-state index contributed by atoms with van der Waals surface area (Å²) in [5, 5.41) is 4.96. The Labute approximate surface area is 138 Å². The molecule has 0 spiro atoms. The first-order chi connectivity index (χ1) is 11.3. The normalized spacial score (nSPS) is 14.9. The first-order valence-electron chi connectivity index (χ1n) is 7.07. The summed E-state index contributed by atoms with van der Waals surface area (Å²) in [6, 6.07) is 10.9. The van der Waals surface area contributed by atoms with Gasteiger partial charge in [0.15, 0.2) is 0 Å². The number of halogens is 1. The third-order valence-corrected chi connectivity index (χ3v) is 4.69. The molecule has 1 aliphatic heterocycles. The van der Waals surface area contributed by atoms with Crippen molar-refractivity contribution >= 4 is 27.1 Å². The number of nitrogens with two attached hydrogens (primary N) is 1. The van der Waals surface area contributed by atoms with Crippen LogP contribution in [-0.2, 0) is 19.6 Å². The van der Waals surface area contributed by atoms with Crippen LogP contribution in [0.3, 0.4) is 0 Å². The molecule has 0 aliphatic carbocycles. The van der Waals surface area contributed by atoms with E-state index in [1.165, 1.54) is 6.07 Å². The van der Waals surface area contributed by atoms with Crippen molar-refractivity contribution in [3.63, 3.8) is 0 Å². The van der Waals surface area contributed by atoms with Crippen LogP contribution in [0.25, 0.3) is 11.1 Å². The number of sulfonamides is 1. The molecule has 0 aromatic heterocycles. The first kappa shape index (κ1) is 16.4. The predicted molar refractivity (Wildman–Crippen MR) is 86.7 cm³/mol. The number of carbonyl (C=O) groups excluding carboxylic acids is 1. The van der Waals surface area contributed by atoms with Gasteiger partial charge in [-0.1, -0.05) is 35.9 Å². The number of primary sulfonamides is 1. The maximum Gasteiger partial charge on any atom is 0.339 e. The Morgan fingerprint density at radius 3 is 2.50 bits per heavy atom. The second-order valence-electron chi connectivity index (χ2n) is 5.49. The molecule has 0 saturated heterocycles. The number of aryl methyl sites for hydroxylation is 1. The van der Waals surface area contributed by atoms with E-state index in [1.807, 2.05) is 25.1 Å². The molecule has 3 rings (SSSR count). The molecule has 5 nitrogen and oxygen atoms in total. The van der Waals surface area contributed by atoms with Crippen LogP contribution < -0.4 is 5.14 Å². The highest BCUT2D eigenvalue weighted by atomic mass is 32.2. The minimum absolute atomic E-state index is 0.00370. The van der Waals surface area contributed by atoms with E-state index in [0.717, 1.165) is 17.7 Å². The maximum absolute atomic E-state index is 14.1. The Morgan fingerprint density at radius 1 is 1.12 bits per heavy atom. The molecule has 2 N–H and O–H groups in total. The van der Waals surface area contributed by atoms with Crippen molar-refractivity contribution in [1.82, 2.24) is 0 Å². The highest BCUT2D eigenvalue weighted by molar-refractivity contribution is 7.89. The Kier molecular flexibility index (Phi) is 3.98. The number of carbonyl (C=O) groups is 1. The van der Waals surface area contributed by atoms with Gasteiger partial charge >= 0.3 is 5.97 Å². The smallest absolute Gasteiger partial charge is 0.339 e. The number of ether oxygens (including phenoxy) is 1. The minimum Gasteiger partial charge on any atom is -0.457 e. The quantitative estimate of drug-likeness (QED) is 0.863. The van der Waals surface area contributed by atoms with Gasteiger partial charge in [-0.25, -0.2) is 22.7 Å². The lowest BCUT2D eigenvalue weighted by molar-refractivity contribution is -0.133. The number of hydrogen-bond donors (Lipinski definition) is 1. The van der Waals surface area contributed by atoms with Gasteiger partial charge in [0, 0.05) is 5.57 Å². The van der Waals surface area contributed by atoms with Crippen LogP contribution in [0.5, 0.6) is 0 Å². The molecule has 2 aromatic rings. The van der Waals surface area contributed by atoms with Crippen molar-refractivity contribution in [1.29, 1.82) is 0 Å². The van der Waals surface area contributed by atoms with Crippen LogP contribution in [0.15, 0.2) is 47.4 Å². The molecule has 0 unspecified atom stereocenters. The highest BCUT2D eigenvalue weighted by Gasteiger charge is 2.28. The van der Waals surface area contributed by atoms with Gasteiger partial charge in [0.05, 0.1) is 5.57 Å². The number of benzene rings is 2.